The highest BCUT2D eigenvalue weighted by Crippen LogP contribution is 2.46. The van der Waals surface area contributed by atoms with Crippen LogP contribution in [-0.4, -0.2) is 38.5 Å². The van der Waals surface area contributed by atoms with Gasteiger partial charge in [-0.05, 0) is 43.3 Å². The van der Waals surface area contributed by atoms with E-state index >= 15 is 0 Å². The van der Waals surface area contributed by atoms with Crippen LogP contribution < -0.4 is 14.8 Å². The third-order valence-corrected chi connectivity index (χ3v) is 6.80. The van der Waals surface area contributed by atoms with Crippen LogP contribution in [0.1, 0.15) is 22.8 Å². The normalized spacial score (nSPS) is 22.1. The van der Waals surface area contributed by atoms with Crippen molar-refractivity contribution < 1.29 is 23.0 Å². The summed E-state index contributed by atoms with van der Waals surface area (Å²) < 4.78 is 37.0. The summed E-state index contributed by atoms with van der Waals surface area (Å²) in [6.07, 6.45) is -1.08. The average molecular weight is 377 g/mol. The number of hydrogen-bond acceptors (Lipinski definition) is 6. The van der Waals surface area contributed by atoms with Crippen LogP contribution in [-0.2, 0) is 16.3 Å². The summed E-state index contributed by atoms with van der Waals surface area (Å²) >= 11 is 0. The van der Waals surface area contributed by atoms with E-state index in [0.717, 1.165) is 11.1 Å². The Morgan fingerprint density at radius 2 is 2.00 bits per heavy atom. The summed E-state index contributed by atoms with van der Waals surface area (Å²) in [5.41, 5.74) is 2.21. The van der Waals surface area contributed by atoms with E-state index < -0.39 is 20.9 Å². The van der Waals surface area contributed by atoms with Gasteiger partial charge in [0.2, 0.25) is 4.93 Å². The molecule has 0 amide bonds. The van der Waals surface area contributed by atoms with E-state index in [1.807, 2.05) is 25.1 Å². The Bertz CT molecular complexity index is 912. The predicted molar refractivity (Wildman–Crippen MR) is 99.0 cm³/mol. The molecular weight excluding hydrogens is 354 g/mol. The van der Waals surface area contributed by atoms with E-state index in [4.69, 9.17) is 9.47 Å². The van der Waals surface area contributed by atoms with Gasteiger partial charge in [0.1, 0.15) is 17.4 Å². The zero-order valence-corrected chi connectivity index (χ0v) is 15.8. The van der Waals surface area contributed by atoms with Crippen LogP contribution in [0.3, 0.4) is 0 Å². The first-order chi connectivity index (χ1) is 12.3. The van der Waals surface area contributed by atoms with Gasteiger partial charge in [-0.25, -0.2) is 8.42 Å². The molecule has 0 bridgehead atoms. The molecule has 0 spiro atoms. The quantitative estimate of drug-likeness (QED) is 0.801. The van der Waals surface area contributed by atoms with Gasteiger partial charge in [-0.2, -0.15) is 0 Å². The van der Waals surface area contributed by atoms with Gasteiger partial charge >= 0.3 is 0 Å². The summed E-state index contributed by atoms with van der Waals surface area (Å²) in [4.78, 5) is -2.06. The molecule has 1 aliphatic carbocycles. The first-order valence-corrected chi connectivity index (χ1v) is 9.96. The molecule has 0 heterocycles. The molecule has 7 heteroatoms. The summed E-state index contributed by atoms with van der Waals surface area (Å²) in [7, 11) is -0.830. The zero-order valence-electron chi connectivity index (χ0n) is 15.0. The number of benzene rings is 2. The van der Waals surface area contributed by atoms with Crippen molar-refractivity contribution in [1.82, 2.24) is 5.32 Å². The topological polar surface area (TPSA) is 84.9 Å². The molecule has 6 nitrogen and oxygen atoms in total. The van der Waals surface area contributed by atoms with Gasteiger partial charge in [0.15, 0.2) is 15.9 Å². The van der Waals surface area contributed by atoms with Crippen molar-refractivity contribution in [3.8, 4) is 11.5 Å². The summed E-state index contributed by atoms with van der Waals surface area (Å²) in [5.74, 6) is 0.770. The fourth-order valence-electron chi connectivity index (χ4n) is 3.27. The molecule has 0 radical (unpaired) electrons. The Kier molecular flexibility index (Phi) is 4.96. The van der Waals surface area contributed by atoms with Gasteiger partial charge in [0.05, 0.1) is 7.11 Å². The third kappa shape index (κ3) is 3.06. The first-order valence-electron chi connectivity index (χ1n) is 8.31. The van der Waals surface area contributed by atoms with E-state index in [2.05, 4.69) is 5.32 Å². The second kappa shape index (κ2) is 6.90. The van der Waals surface area contributed by atoms with Crippen LogP contribution in [0.15, 0.2) is 42.5 Å². The lowest BCUT2D eigenvalue weighted by atomic mass is 10.1. The number of aryl methyl sites for hydroxylation is 1. The molecule has 1 aliphatic rings. The number of nitrogens with one attached hydrogen (secondary N) is 1. The van der Waals surface area contributed by atoms with Crippen molar-refractivity contribution in [1.29, 1.82) is 0 Å². The average Bonchev–Trinajstić information content (AvgIpc) is 2.89. The third-order valence-electron chi connectivity index (χ3n) is 4.70. The Labute approximate surface area is 153 Å². The maximum Gasteiger partial charge on any atom is 0.212 e. The second-order valence-electron chi connectivity index (χ2n) is 6.46. The minimum atomic E-state index is -3.90. The predicted octanol–water partition coefficient (Wildman–Crippen LogP) is 1.96. The lowest BCUT2D eigenvalue weighted by Gasteiger charge is -2.31. The maximum atomic E-state index is 12.8. The molecule has 2 aromatic carbocycles. The molecule has 140 valence electrons. The molecule has 26 heavy (non-hydrogen) atoms. The molecule has 0 aromatic heterocycles. The van der Waals surface area contributed by atoms with Gasteiger partial charge in [0.25, 0.3) is 0 Å². The smallest absolute Gasteiger partial charge is 0.212 e. The minimum Gasteiger partial charge on any atom is -0.497 e. The first kappa shape index (κ1) is 18.7. The number of ether oxygens (including phenoxy) is 2. The largest absolute Gasteiger partial charge is 0.497 e. The fourth-order valence-corrected chi connectivity index (χ4v) is 4.78. The SMILES string of the molecule is CNCS(=O)(=O)C1(O)Cc2ccc(OC)cc2C1Oc1ccccc1C. The van der Waals surface area contributed by atoms with Crippen LogP contribution in [0.2, 0.25) is 0 Å². The Hall–Kier alpha value is -2.09. The lowest BCUT2D eigenvalue weighted by Crippen LogP contribution is -2.48. The van der Waals surface area contributed by atoms with Crippen LogP contribution in [0.4, 0.5) is 0 Å². The van der Waals surface area contributed by atoms with E-state index in [9.17, 15) is 13.5 Å². The van der Waals surface area contributed by atoms with Crippen molar-refractivity contribution in [3.05, 3.63) is 59.2 Å². The Morgan fingerprint density at radius 3 is 2.65 bits per heavy atom. The van der Waals surface area contributed by atoms with Crippen LogP contribution in [0, 0.1) is 6.92 Å². The highest BCUT2D eigenvalue weighted by molar-refractivity contribution is 7.92. The van der Waals surface area contributed by atoms with Crippen molar-refractivity contribution in [2.24, 2.45) is 0 Å². The molecule has 0 aliphatic heterocycles. The summed E-state index contributed by atoms with van der Waals surface area (Å²) in [6.45, 7) is 1.87. The molecule has 0 saturated heterocycles. The maximum absolute atomic E-state index is 12.8. The minimum absolute atomic E-state index is 0.0348. The molecule has 0 saturated carbocycles. The highest BCUT2D eigenvalue weighted by Gasteiger charge is 2.56. The van der Waals surface area contributed by atoms with Gasteiger partial charge in [-0.1, -0.05) is 24.3 Å². The van der Waals surface area contributed by atoms with Crippen LogP contribution >= 0.6 is 0 Å². The van der Waals surface area contributed by atoms with Crippen LogP contribution in [0.25, 0.3) is 0 Å². The molecule has 0 fully saturated rings. The summed E-state index contributed by atoms with van der Waals surface area (Å²) in [6, 6.07) is 12.6. The van der Waals surface area contributed by atoms with E-state index in [-0.39, 0.29) is 12.3 Å². The van der Waals surface area contributed by atoms with Crippen molar-refractivity contribution in [2.45, 2.75) is 24.4 Å². The van der Waals surface area contributed by atoms with Gasteiger partial charge in [-0.3, -0.25) is 0 Å². The molecule has 2 N–H and O–H groups in total. The highest BCUT2D eigenvalue weighted by atomic mass is 32.2. The molecule has 2 atom stereocenters. The Balaban J connectivity index is 2.12. The zero-order chi connectivity index (χ0) is 18.9. The van der Waals surface area contributed by atoms with E-state index in [1.54, 1.807) is 24.3 Å². The van der Waals surface area contributed by atoms with Gasteiger partial charge in [-0.15, -0.1) is 0 Å². The van der Waals surface area contributed by atoms with E-state index in [1.165, 1.54) is 14.2 Å². The van der Waals surface area contributed by atoms with Crippen molar-refractivity contribution >= 4 is 9.84 Å². The number of para-hydroxylation sites is 1. The fraction of sp³-hybridized carbons (Fsp3) is 0.368. The standard InChI is InChI=1S/C19H23NO5S/c1-13-6-4-5-7-17(13)25-18-16-10-15(24-3)9-8-14(16)11-19(18,21)26(22,23)12-20-2/h4-10,18,20-21H,11-12H2,1-3H3. The van der Waals surface area contributed by atoms with Crippen LogP contribution in [0.5, 0.6) is 11.5 Å². The van der Waals surface area contributed by atoms with E-state index in [0.29, 0.717) is 17.1 Å². The van der Waals surface area contributed by atoms with Gasteiger partial charge < -0.3 is 19.9 Å². The van der Waals surface area contributed by atoms with Gasteiger partial charge in [0, 0.05) is 12.0 Å². The number of rotatable bonds is 6. The number of aliphatic hydroxyl groups is 1. The second-order valence-corrected chi connectivity index (χ2v) is 8.69. The number of sulfone groups is 1. The lowest BCUT2D eigenvalue weighted by molar-refractivity contribution is 0.0131. The monoisotopic (exact) mass is 377 g/mol. The Morgan fingerprint density at radius 1 is 1.27 bits per heavy atom. The van der Waals surface area contributed by atoms with Crippen molar-refractivity contribution in [2.75, 3.05) is 20.0 Å². The molecular formula is C19H23NO5S. The number of fused-ring (bicyclic) bond motifs is 1. The summed E-state index contributed by atoms with van der Waals surface area (Å²) in [5, 5.41) is 13.9. The van der Waals surface area contributed by atoms with Crippen molar-refractivity contribution in [3.63, 3.8) is 0 Å². The molecule has 2 unspecified atom stereocenters. The number of hydrogen-bond donors (Lipinski definition) is 2. The molecule has 2 aromatic rings. The number of methoxy groups -OCH3 is 1. The molecule has 3 rings (SSSR count).